The molecule has 0 fully saturated rings. The Morgan fingerprint density at radius 3 is 1.00 bits per heavy atom. The summed E-state index contributed by atoms with van der Waals surface area (Å²) in [5.41, 5.74) is 5.51. The van der Waals surface area contributed by atoms with Crippen molar-refractivity contribution in [1.29, 1.82) is 0 Å². The minimum atomic E-state index is 1.02. The van der Waals surface area contributed by atoms with Gasteiger partial charge >= 0.3 is 0 Å². The highest BCUT2D eigenvalue weighted by Gasteiger charge is 2.10. The van der Waals surface area contributed by atoms with Gasteiger partial charge in [0.25, 0.3) is 0 Å². The summed E-state index contributed by atoms with van der Waals surface area (Å²) in [6, 6.07) is 13.3. The number of aryl methyl sites for hydroxylation is 2. The zero-order valence-corrected chi connectivity index (χ0v) is 34.4. The van der Waals surface area contributed by atoms with Crippen LogP contribution in [-0.4, -0.2) is 0 Å². The van der Waals surface area contributed by atoms with E-state index in [4.69, 9.17) is 4.74 Å². The lowest BCUT2D eigenvalue weighted by molar-refractivity contribution is 0.472. The van der Waals surface area contributed by atoms with Gasteiger partial charge in [-0.05, 0) is 125 Å². The van der Waals surface area contributed by atoms with Crippen LogP contribution >= 0.6 is 0 Å². The van der Waals surface area contributed by atoms with Gasteiger partial charge in [-0.15, -0.1) is 0 Å². The first-order valence-electron chi connectivity index (χ1n) is 22.3. The van der Waals surface area contributed by atoms with Crippen LogP contribution in [0.5, 0.6) is 11.5 Å². The van der Waals surface area contributed by atoms with Crippen molar-refractivity contribution in [3.8, 4) is 11.5 Å². The summed E-state index contributed by atoms with van der Waals surface area (Å²) in [4.78, 5) is 0. The van der Waals surface area contributed by atoms with Gasteiger partial charge in [-0.3, -0.25) is 0 Å². The Balaban J connectivity index is 1.56. The molecular formula is C50H82O. The van der Waals surface area contributed by atoms with Crippen LogP contribution in [0.25, 0.3) is 0 Å². The van der Waals surface area contributed by atoms with Crippen molar-refractivity contribution < 1.29 is 4.74 Å². The van der Waals surface area contributed by atoms with E-state index in [0.29, 0.717) is 0 Å². The van der Waals surface area contributed by atoms with Gasteiger partial charge in [0.15, 0.2) is 0 Å². The molecule has 2 aromatic rings. The quantitative estimate of drug-likeness (QED) is 0.0522. The van der Waals surface area contributed by atoms with E-state index in [9.17, 15) is 0 Å². The molecule has 288 valence electrons. The van der Waals surface area contributed by atoms with Gasteiger partial charge in [-0.2, -0.15) is 0 Å². The number of benzene rings is 2. The maximum Gasteiger partial charge on any atom is 0.130 e. The monoisotopic (exact) mass is 699 g/mol. The lowest BCUT2D eigenvalue weighted by atomic mass is 9.99. The number of rotatable bonds is 34. The summed E-state index contributed by atoms with van der Waals surface area (Å²) in [5.74, 6) is 2.05. The summed E-state index contributed by atoms with van der Waals surface area (Å²) in [6.45, 7) is 9.08. The molecule has 0 atom stereocenters. The first-order chi connectivity index (χ1) is 25.2. The second kappa shape index (κ2) is 32.4. The molecule has 0 amide bonds. The van der Waals surface area contributed by atoms with Gasteiger partial charge < -0.3 is 4.74 Å². The second-order valence-corrected chi connectivity index (χ2v) is 15.6. The van der Waals surface area contributed by atoms with Crippen molar-refractivity contribution in [2.75, 3.05) is 0 Å². The molecule has 0 saturated carbocycles. The maximum absolute atomic E-state index is 6.58. The molecule has 0 unspecified atom stereocenters. The zero-order chi connectivity index (χ0) is 36.5. The van der Waals surface area contributed by atoms with E-state index < -0.39 is 0 Å². The summed E-state index contributed by atoms with van der Waals surface area (Å²) in [6.07, 6.45) is 50.0. The summed E-state index contributed by atoms with van der Waals surface area (Å²) in [5, 5.41) is 0. The fraction of sp³-hybridized carbons (Fsp3) is 0.680. The van der Waals surface area contributed by atoms with E-state index >= 15 is 0 Å². The topological polar surface area (TPSA) is 9.23 Å². The molecule has 0 heterocycles. The summed E-state index contributed by atoms with van der Waals surface area (Å²) < 4.78 is 6.58. The SMILES string of the molecule is CCCCCCCC/C=C\CCCCCCCCc1cccc(Oc2cccc(CCCCCCCC/C=C\CCCCCCCC)c2C)c1C. The van der Waals surface area contributed by atoms with Gasteiger partial charge in [0.2, 0.25) is 0 Å². The second-order valence-electron chi connectivity index (χ2n) is 15.6. The third-order valence-electron chi connectivity index (χ3n) is 10.9. The van der Waals surface area contributed by atoms with Gasteiger partial charge in [0.1, 0.15) is 11.5 Å². The molecule has 51 heavy (non-hydrogen) atoms. The third kappa shape index (κ3) is 23.1. The van der Waals surface area contributed by atoms with Crippen molar-refractivity contribution in [2.24, 2.45) is 0 Å². The van der Waals surface area contributed by atoms with E-state index in [2.05, 4.69) is 88.4 Å². The highest BCUT2D eigenvalue weighted by atomic mass is 16.5. The molecule has 0 aliphatic carbocycles. The van der Waals surface area contributed by atoms with Crippen LogP contribution in [0.3, 0.4) is 0 Å². The van der Waals surface area contributed by atoms with Crippen LogP contribution in [0.2, 0.25) is 0 Å². The van der Waals surface area contributed by atoms with Crippen molar-refractivity contribution in [2.45, 2.75) is 220 Å². The van der Waals surface area contributed by atoms with Crippen LogP contribution in [-0.2, 0) is 12.8 Å². The van der Waals surface area contributed by atoms with E-state index in [1.165, 1.54) is 202 Å². The summed E-state index contributed by atoms with van der Waals surface area (Å²) >= 11 is 0. The van der Waals surface area contributed by atoms with Gasteiger partial charge in [-0.1, -0.05) is 178 Å². The Bertz CT molecular complexity index is 1050. The Hall–Kier alpha value is -2.28. The standard InChI is InChI=1S/C50H82O/c1-5-7-9-11-13-15-17-19-21-23-25-27-29-31-33-35-39-47-41-37-43-49(45(47)3)51-50-44-38-42-48(46(50)4)40-36-34-32-30-28-26-24-22-20-18-16-14-12-10-8-6-2/h19-22,37-38,41-44H,5-18,23-36,39-40H2,1-4H3/b21-19-,22-20-. The fourth-order valence-electron chi connectivity index (χ4n) is 7.33. The van der Waals surface area contributed by atoms with Crippen molar-refractivity contribution in [3.05, 3.63) is 83.0 Å². The highest BCUT2D eigenvalue weighted by molar-refractivity contribution is 5.46. The molecule has 0 saturated heterocycles. The molecule has 2 rings (SSSR count). The highest BCUT2D eigenvalue weighted by Crippen LogP contribution is 2.32. The maximum atomic E-state index is 6.58. The van der Waals surface area contributed by atoms with E-state index in [0.717, 1.165) is 24.3 Å². The van der Waals surface area contributed by atoms with Gasteiger partial charge in [0.05, 0.1) is 0 Å². The largest absolute Gasteiger partial charge is 0.457 e. The van der Waals surface area contributed by atoms with Gasteiger partial charge in [0, 0.05) is 0 Å². The fourth-order valence-corrected chi connectivity index (χ4v) is 7.33. The average molecular weight is 699 g/mol. The Morgan fingerprint density at radius 2 is 0.667 bits per heavy atom. The Labute approximate surface area is 318 Å². The van der Waals surface area contributed by atoms with Crippen LogP contribution in [0.4, 0.5) is 0 Å². The lowest BCUT2D eigenvalue weighted by Gasteiger charge is -2.16. The molecule has 0 radical (unpaired) electrons. The number of hydrogen-bond acceptors (Lipinski definition) is 1. The Morgan fingerprint density at radius 1 is 0.373 bits per heavy atom. The average Bonchev–Trinajstić information content (AvgIpc) is 3.14. The predicted octanol–water partition coefficient (Wildman–Crippen LogP) is 17.3. The minimum Gasteiger partial charge on any atom is -0.457 e. The van der Waals surface area contributed by atoms with Crippen LogP contribution in [0.1, 0.15) is 216 Å². The zero-order valence-electron chi connectivity index (χ0n) is 34.4. The molecule has 0 N–H and O–H groups in total. The van der Waals surface area contributed by atoms with E-state index in [1.807, 2.05) is 0 Å². The van der Waals surface area contributed by atoms with Crippen LogP contribution in [0.15, 0.2) is 60.7 Å². The number of allylic oxidation sites excluding steroid dienone is 4. The first-order valence-corrected chi connectivity index (χ1v) is 22.3. The number of unbranched alkanes of at least 4 members (excludes halogenated alkanes) is 24. The first kappa shape index (κ1) is 44.9. The third-order valence-corrected chi connectivity index (χ3v) is 10.9. The van der Waals surface area contributed by atoms with Crippen LogP contribution < -0.4 is 4.74 Å². The normalized spacial score (nSPS) is 11.8. The molecule has 1 heteroatoms. The van der Waals surface area contributed by atoms with Crippen LogP contribution in [0, 0.1) is 13.8 Å². The number of hydrogen-bond donors (Lipinski definition) is 0. The number of ether oxygens (including phenoxy) is 1. The van der Waals surface area contributed by atoms with E-state index in [1.54, 1.807) is 0 Å². The molecule has 2 aromatic carbocycles. The van der Waals surface area contributed by atoms with E-state index in [-0.39, 0.29) is 0 Å². The molecule has 0 bridgehead atoms. The molecular weight excluding hydrogens is 617 g/mol. The smallest absolute Gasteiger partial charge is 0.130 e. The minimum absolute atomic E-state index is 1.02. The molecule has 1 nitrogen and oxygen atoms in total. The molecule has 0 aliphatic rings. The van der Waals surface area contributed by atoms with Crippen molar-refractivity contribution in [3.63, 3.8) is 0 Å². The Kier molecular flexibility index (Phi) is 28.5. The predicted molar refractivity (Wildman–Crippen MR) is 229 cm³/mol. The molecule has 0 aliphatic heterocycles. The van der Waals surface area contributed by atoms with Crippen molar-refractivity contribution >= 4 is 0 Å². The summed E-state index contributed by atoms with van der Waals surface area (Å²) in [7, 11) is 0. The molecule has 0 aromatic heterocycles. The molecule has 0 spiro atoms. The van der Waals surface area contributed by atoms with Crippen molar-refractivity contribution in [1.82, 2.24) is 0 Å². The van der Waals surface area contributed by atoms with Gasteiger partial charge in [-0.25, -0.2) is 0 Å². The lowest BCUT2D eigenvalue weighted by Crippen LogP contribution is -1.97.